The lowest BCUT2D eigenvalue weighted by Crippen LogP contribution is -2.42. The van der Waals surface area contributed by atoms with Gasteiger partial charge in [0.25, 0.3) is 0 Å². The first-order valence-electron chi connectivity index (χ1n) is 10.1. The van der Waals surface area contributed by atoms with Crippen LogP contribution in [0.2, 0.25) is 0 Å². The van der Waals surface area contributed by atoms with Crippen LogP contribution < -0.4 is 15.4 Å². The van der Waals surface area contributed by atoms with Crippen LogP contribution in [-0.2, 0) is 6.54 Å². The highest BCUT2D eigenvalue weighted by Crippen LogP contribution is 2.24. The largest absolute Gasteiger partial charge is 0.491 e. The van der Waals surface area contributed by atoms with E-state index in [9.17, 15) is 0 Å². The van der Waals surface area contributed by atoms with Gasteiger partial charge in [-0.15, -0.1) is 0 Å². The quantitative estimate of drug-likeness (QED) is 0.538. The summed E-state index contributed by atoms with van der Waals surface area (Å²) in [5.41, 5.74) is 1.18. The highest BCUT2D eigenvalue weighted by molar-refractivity contribution is 5.79. The Morgan fingerprint density at radius 1 is 1.14 bits per heavy atom. The Labute approximate surface area is 168 Å². The second-order valence-electron chi connectivity index (χ2n) is 7.39. The monoisotopic (exact) mass is 384 g/mol. The number of rotatable bonds is 8. The molecule has 2 heterocycles. The molecule has 0 saturated carbocycles. The standard InChI is InChI=1S/C22H32N4O2/c1-17(2)28-19-10-8-18(9-11-19)15-24-22(23-3)25-16-20(21-7-6-14-27-21)26-12-4-5-13-26/h6-11,14,17,20H,4-5,12-13,15-16H2,1-3H3,(H2,23,24,25). The highest BCUT2D eigenvalue weighted by atomic mass is 16.5. The number of nitrogens with one attached hydrogen (secondary N) is 2. The molecule has 152 valence electrons. The molecule has 0 bridgehead atoms. The van der Waals surface area contributed by atoms with Crippen LogP contribution in [0.4, 0.5) is 0 Å². The normalized spacial score (nSPS) is 16.4. The second kappa shape index (κ2) is 10.2. The Hall–Kier alpha value is -2.47. The van der Waals surface area contributed by atoms with Crippen LogP contribution in [0, 0.1) is 0 Å². The molecule has 2 aromatic rings. The summed E-state index contributed by atoms with van der Waals surface area (Å²) in [6.45, 7) is 7.76. The van der Waals surface area contributed by atoms with Crippen LogP contribution in [0.1, 0.15) is 44.1 Å². The zero-order valence-corrected chi connectivity index (χ0v) is 17.1. The van der Waals surface area contributed by atoms with E-state index in [-0.39, 0.29) is 12.1 Å². The van der Waals surface area contributed by atoms with Crippen LogP contribution in [0.5, 0.6) is 5.75 Å². The van der Waals surface area contributed by atoms with Gasteiger partial charge in [0.15, 0.2) is 5.96 Å². The van der Waals surface area contributed by atoms with Crippen molar-refractivity contribution >= 4 is 5.96 Å². The molecule has 0 spiro atoms. The minimum atomic E-state index is 0.185. The van der Waals surface area contributed by atoms with Gasteiger partial charge < -0.3 is 19.8 Å². The summed E-state index contributed by atoms with van der Waals surface area (Å²) in [5, 5.41) is 6.84. The molecular weight excluding hydrogens is 352 g/mol. The fraction of sp³-hybridized carbons (Fsp3) is 0.500. The molecule has 2 N–H and O–H groups in total. The summed E-state index contributed by atoms with van der Waals surface area (Å²) in [7, 11) is 1.80. The van der Waals surface area contributed by atoms with E-state index < -0.39 is 0 Å². The number of guanidine groups is 1. The molecule has 1 unspecified atom stereocenters. The first-order valence-corrected chi connectivity index (χ1v) is 10.1. The highest BCUT2D eigenvalue weighted by Gasteiger charge is 2.25. The molecule has 1 saturated heterocycles. The van der Waals surface area contributed by atoms with E-state index in [2.05, 4.69) is 38.7 Å². The first-order chi connectivity index (χ1) is 13.7. The Balaban J connectivity index is 1.52. The van der Waals surface area contributed by atoms with E-state index >= 15 is 0 Å². The fourth-order valence-electron chi connectivity index (χ4n) is 3.50. The topological polar surface area (TPSA) is 62.0 Å². The van der Waals surface area contributed by atoms with Crippen molar-refractivity contribution in [1.82, 2.24) is 15.5 Å². The lowest BCUT2D eigenvalue weighted by Gasteiger charge is -2.26. The summed E-state index contributed by atoms with van der Waals surface area (Å²) in [4.78, 5) is 6.84. The number of furan rings is 1. The van der Waals surface area contributed by atoms with Crippen molar-refractivity contribution in [3.8, 4) is 5.75 Å². The van der Waals surface area contributed by atoms with E-state index in [1.165, 1.54) is 18.4 Å². The van der Waals surface area contributed by atoms with Gasteiger partial charge >= 0.3 is 0 Å². The molecule has 1 fully saturated rings. The van der Waals surface area contributed by atoms with Gasteiger partial charge in [0.05, 0.1) is 18.4 Å². The number of benzene rings is 1. The second-order valence-corrected chi connectivity index (χ2v) is 7.39. The summed E-state index contributed by atoms with van der Waals surface area (Å²) in [6, 6.07) is 12.4. The predicted octanol–water partition coefficient (Wildman–Crippen LogP) is 3.57. The molecule has 1 aromatic carbocycles. The molecule has 1 aliphatic heterocycles. The van der Waals surface area contributed by atoms with Gasteiger partial charge in [-0.1, -0.05) is 12.1 Å². The van der Waals surface area contributed by atoms with Crippen LogP contribution >= 0.6 is 0 Å². The molecule has 3 rings (SSSR count). The summed E-state index contributed by atoms with van der Waals surface area (Å²) < 4.78 is 11.4. The lowest BCUT2D eigenvalue weighted by molar-refractivity contribution is 0.215. The molecular formula is C22H32N4O2. The van der Waals surface area contributed by atoms with E-state index in [1.807, 2.05) is 32.0 Å². The van der Waals surface area contributed by atoms with Crippen LogP contribution in [0.3, 0.4) is 0 Å². The maximum absolute atomic E-state index is 5.69. The van der Waals surface area contributed by atoms with Gasteiger partial charge in [-0.3, -0.25) is 9.89 Å². The molecule has 0 radical (unpaired) electrons. The van der Waals surface area contributed by atoms with Gasteiger partial charge in [0.1, 0.15) is 11.5 Å². The number of likely N-dealkylation sites (tertiary alicyclic amines) is 1. The van der Waals surface area contributed by atoms with E-state index in [4.69, 9.17) is 9.15 Å². The average molecular weight is 385 g/mol. The number of aliphatic imine (C=N–C) groups is 1. The SMILES string of the molecule is CN=C(NCc1ccc(OC(C)C)cc1)NCC(c1ccco1)N1CCCC1. The third-order valence-electron chi connectivity index (χ3n) is 4.89. The van der Waals surface area contributed by atoms with Crippen molar-refractivity contribution in [1.29, 1.82) is 0 Å². The maximum Gasteiger partial charge on any atom is 0.191 e. The van der Waals surface area contributed by atoms with Crippen molar-refractivity contribution in [3.05, 3.63) is 54.0 Å². The number of nitrogens with zero attached hydrogens (tertiary/aromatic N) is 2. The Morgan fingerprint density at radius 2 is 1.89 bits per heavy atom. The van der Waals surface area contributed by atoms with E-state index in [0.29, 0.717) is 6.54 Å². The van der Waals surface area contributed by atoms with Gasteiger partial charge in [-0.2, -0.15) is 0 Å². The van der Waals surface area contributed by atoms with Crippen LogP contribution in [0.15, 0.2) is 52.1 Å². The van der Waals surface area contributed by atoms with Crippen molar-refractivity contribution < 1.29 is 9.15 Å². The van der Waals surface area contributed by atoms with Gasteiger partial charge in [-0.05, 0) is 69.6 Å². The van der Waals surface area contributed by atoms with Gasteiger partial charge in [0.2, 0.25) is 0 Å². The van der Waals surface area contributed by atoms with Gasteiger partial charge in [0, 0.05) is 20.1 Å². The van der Waals surface area contributed by atoms with Crippen LogP contribution in [-0.4, -0.2) is 43.6 Å². The smallest absolute Gasteiger partial charge is 0.191 e. The third kappa shape index (κ3) is 5.76. The minimum Gasteiger partial charge on any atom is -0.491 e. The molecule has 0 amide bonds. The summed E-state index contributed by atoms with van der Waals surface area (Å²) in [6.07, 6.45) is 4.43. The van der Waals surface area contributed by atoms with Crippen molar-refractivity contribution in [3.63, 3.8) is 0 Å². The van der Waals surface area contributed by atoms with Gasteiger partial charge in [-0.25, -0.2) is 0 Å². The maximum atomic E-state index is 5.69. The average Bonchev–Trinajstić information content (AvgIpc) is 3.40. The summed E-state index contributed by atoms with van der Waals surface area (Å²) >= 11 is 0. The van der Waals surface area contributed by atoms with Crippen molar-refractivity contribution in [2.24, 2.45) is 4.99 Å². The predicted molar refractivity (Wildman–Crippen MR) is 113 cm³/mol. The zero-order valence-electron chi connectivity index (χ0n) is 17.1. The Morgan fingerprint density at radius 3 is 2.50 bits per heavy atom. The lowest BCUT2D eigenvalue weighted by atomic mass is 10.2. The molecule has 0 aliphatic carbocycles. The molecule has 1 aromatic heterocycles. The molecule has 28 heavy (non-hydrogen) atoms. The van der Waals surface area contributed by atoms with E-state index in [0.717, 1.165) is 37.1 Å². The number of ether oxygens (including phenoxy) is 1. The zero-order chi connectivity index (χ0) is 19.8. The molecule has 6 heteroatoms. The third-order valence-corrected chi connectivity index (χ3v) is 4.89. The van der Waals surface area contributed by atoms with Crippen molar-refractivity contribution in [2.45, 2.75) is 45.4 Å². The minimum absolute atomic E-state index is 0.185. The fourth-order valence-corrected chi connectivity index (χ4v) is 3.50. The molecule has 6 nitrogen and oxygen atoms in total. The number of hydrogen-bond donors (Lipinski definition) is 2. The van der Waals surface area contributed by atoms with E-state index in [1.54, 1.807) is 13.3 Å². The first kappa shape index (κ1) is 20.3. The Kier molecular flexibility index (Phi) is 7.37. The molecule has 1 atom stereocenters. The summed E-state index contributed by atoms with van der Waals surface area (Å²) in [5.74, 6) is 2.69. The van der Waals surface area contributed by atoms with Crippen molar-refractivity contribution in [2.75, 3.05) is 26.7 Å². The number of hydrogen-bond acceptors (Lipinski definition) is 4. The van der Waals surface area contributed by atoms with Crippen LogP contribution in [0.25, 0.3) is 0 Å². The Bertz CT molecular complexity index is 720. The molecule has 1 aliphatic rings.